The Labute approximate surface area is 188 Å². The van der Waals surface area contributed by atoms with Crippen LogP contribution in [0, 0.1) is 5.82 Å². The van der Waals surface area contributed by atoms with Gasteiger partial charge in [0, 0.05) is 32.7 Å². The zero-order valence-corrected chi connectivity index (χ0v) is 18.2. The smallest absolute Gasteiger partial charge is 0.379 e. The highest BCUT2D eigenvalue weighted by atomic mass is 35.5. The molecule has 2 aromatic rings. The van der Waals surface area contributed by atoms with E-state index in [0.29, 0.717) is 31.4 Å². The van der Waals surface area contributed by atoms with Crippen LogP contribution in [0.1, 0.15) is 11.1 Å². The van der Waals surface area contributed by atoms with Crippen LogP contribution >= 0.6 is 23.8 Å². The molecule has 1 aliphatic heterocycles. The van der Waals surface area contributed by atoms with Gasteiger partial charge in [0.15, 0.2) is 5.11 Å². The Hall–Kier alpha value is -1.94. The Morgan fingerprint density at radius 3 is 2.42 bits per heavy atom. The minimum Gasteiger partial charge on any atom is -0.379 e. The highest BCUT2D eigenvalue weighted by molar-refractivity contribution is 7.80. The van der Waals surface area contributed by atoms with Gasteiger partial charge in [-0.15, -0.1) is 0 Å². The Morgan fingerprint density at radius 1 is 1.13 bits per heavy atom. The first-order valence-electron chi connectivity index (χ1n) is 9.69. The number of nitrogens with zero attached hydrogens (tertiary/aromatic N) is 2. The molecular formula is C21H22ClF4N3OS. The molecule has 31 heavy (non-hydrogen) atoms. The minimum atomic E-state index is -4.48. The number of nitrogens with one attached hydrogen (secondary N) is 1. The van der Waals surface area contributed by atoms with Crippen LogP contribution in [-0.2, 0) is 17.5 Å². The van der Waals surface area contributed by atoms with E-state index in [9.17, 15) is 17.6 Å². The third-order valence-corrected chi connectivity index (χ3v) is 5.57. The second-order valence-corrected chi connectivity index (χ2v) is 7.92. The third-order valence-electron chi connectivity index (χ3n) is 4.90. The molecule has 0 atom stereocenters. The molecule has 4 nitrogen and oxygen atoms in total. The molecule has 1 fully saturated rings. The number of anilines is 1. The maximum Gasteiger partial charge on any atom is 0.416 e. The number of thiocarbonyl (C=S) groups is 1. The normalized spacial score (nSPS) is 15.0. The van der Waals surface area contributed by atoms with Gasteiger partial charge in [0.2, 0.25) is 0 Å². The van der Waals surface area contributed by atoms with E-state index >= 15 is 0 Å². The van der Waals surface area contributed by atoms with Crippen LogP contribution < -0.4 is 5.32 Å². The van der Waals surface area contributed by atoms with Gasteiger partial charge in [-0.3, -0.25) is 4.90 Å². The van der Waals surface area contributed by atoms with Gasteiger partial charge in [-0.25, -0.2) is 4.39 Å². The predicted molar refractivity (Wildman–Crippen MR) is 117 cm³/mol. The van der Waals surface area contributed by atoms with E-state index in [0.717, 1.165) is 37.3 Å². The van der Waals surface area contributed by atoms with Crippen LogP contribution in [0.3, 0.4) is 0 Å². The molecule has 2 aromatic carbocycles. The lowest BCUT2D eigenvalue weighted by Gasteiger charge is -2.31. The zero-order valence-electron chi connectivity index (χ0n) is 16.6. The van der Waals surface area contributed by atoms with Gasteiger partial charge in [-0.05, 0) is 48.1 Å². The maximum absolute atomic E-state index is 13.3. The molecule has 0 spiro atoms. The first-order valence-corrected chi connectivity index (χ1v) is 10.5. The van der Waals surface area contributed by atoms with Crippen molar-refractivity contribution in [1.29, 1.82) is 0 Å². The van der Waals surface area contributed by atoms with Crippen molar-refractivity contribution in [2.75, 3.05) is 44.7 Å². The highest BCUT2D eigenvalue weighted by Gasteiger charge is 2.31. The average Bonchev–Trinajstić information content (AvgIpc) is 2.74. The number of rotatable bonds is 6. The molecule has 1 heterocycles. The van der Waals surface area contributed by atoms with E-state index in [1.54, 1.807) is 12.1 Å². The number of hydrogen-bond acceptors (Lipinski definition) is 3. The molecule has 0 bridgehead atoms. The van der Waals surface area contributed by atoms with Crippen LogP contribution in [-0.4, -0.2) is 54.3 Å². The Balaban J connectivity index is 1.71. The van der Waals surface area contributed by atoms with Crippen molar-refractivity contribution in [1.82, 2.24) is 9.80 Å². The van der Waals surface area contributed by atoms with Crippen LogP contribution in [0.5, 0.6) is 0 Å². The van der Waals surface area contributed by atoms with E-state index < -0.39 is 11.7 Å². The number of morpholine rings is 1. The van der Waals surface area contributed by atoms with E-state index in [4.69, 9.17) is 28.6 Å². The lowest BCUT2D eigenvalue weighted by atomic mass is 10.2. The van der Waals surface area contributed by atoms with E-state index in [1.165, 1.54) is 18.2 Å². The number of alkyl halides is 3. The number of benzene rings is 2. The molecule has 3 rings (SSSR count). The fraction of sp³-hybridized carbons (Fsp3) is 0.381. The van der Waals surface area contributed by atoms with Crippen molar-refractivity contribution < 1.29 is 22.3 Å². The molecule has 0 aliphatic carbocycles. The molecule has 0 amide bonds. The van der Waals surface area contributed by atoms with Gasteiger partial charge in [0.1, 0.15) is 5.82 Å². The van der Waals surface area contributed by atoms with Crippen LogP contribution in [0.2, 0.25) is 5.02 Å². The van der Waals surface area contributed by atoms with Gasteiger partial charge in [0.25, 0.3) is 0 Å². The van der Waals surface area contributed by atoms with Crippen molar-refractivity contribution in [3.8, 4) is 0 Å². The fourth-order valence-corrected chi connectivity index (χ4v) is 3.63. The Bertz CT molecular complexity index is 889. The molecule has 1 N–H and O–H groups in total. The largest absolute Gasteiger partial charge is 0.416 e. The quantitative estimate of drug-likeness (QED) is 0.467. The van der Waals surface area contributed by atoms with E-state index in [2.05, 4.69) is 10.2 Å². The monoisotopic (exact) mass is 475 g/mol. The SMILES string of the molecule is Fc1ccc(CN(CCN2CCOCC2)C(=S)Nc2ccc(C(F)(F)F)cc2Cl)cc1. The van der Waals surface area contributed by atoms with Crippen molar-refractivity contribution >= 4 is 34.6 Å². The molecule has 10 heteroatoms. The second-order valence-electron chi connectivity index (χ2n) is 7.12. The van der Waals surface area contributed by atoms with Crippen LogP contribution in [0.15, 0.2) is 42.5 Å². The lowest BCUT2D eigenvalue weighted by molar-refractivity contribution is -0.137. The van der Waals surface area contributed by atoms with Gasteiger partial charge in [-0.1, -0.05) is 23.7 Å². The molecule has 168 valence electrons. The second kappa shape index (κ2) is 10.6. The number of hydrogen-bond donors (Lipinski definition) is 1. The van der Waals surface area contributed by atoms with Gasteiger partial charge in [0.05, 0.1) is 29.5 Å². The highest BCUT2D eigenvalue weighted by Crippen LogP contribution is 2.33. The van der Waals surface area contributed by atoms with E-state index in [1.807, 2.05) is 4.90 Å². The summed E-state index contributed by atoms with van der Waals surface area (Å²) in [6, 6.07) is 9.17. The summed E-state index contributed by atoms with van der Waals surface area (Å²) >= 11 is 11.6. The standard InChI is InChI=1S/C21H22ClF4N3OS/c22-18-13-16(21(24,25)26)3-6-19(18)27-20(31)29(8-7-28-9-11-30-12-10-28)14-15-1-4-17(23)5-2-15/h1-6,13H,7-12,14H2,(H,27,31). The van der Waals surface area contributed by atoms with Crippen molar-refractivity contribution in [3.05, 3.63) is 64.4 Å². The molecule has 1 saturated heterocycles. The van der Waals surface area contributed by atoms with Crippen molar-refractivity contribution in [2.24, 2.45) is 0 Å². The molecular weight excluding hydrogens is 454 g/mol. The zero-order chi connectivity index (χ0) is 22.4. The first kappa shape index (κ1) is 23.7. The third kappa shape index (κ3) is 7.03. The van der Waals surface area contributed by atoms with Crippen LogP contribution in [0.4, 0.5) is 23.2 Å². The summed E-state index contributed by atoms with van der Waals surface area (Å²) in [5, 5.41) is 3.19. The summed E-state index contributed by atoms with van der Waals surface area (Å²) in [7, 11) is 0. The van der Waals surface area contributed by atoms with Crippen LogP contribution in [0.25, 0.3) is 0 Å². The summed E-state index contributed by atoms with van der Waals surface area (Å²) < 4.78 is 57.3. The van der Waals surface area contributed by atoms with Crippen molar-refractivity contribution in [2.45, 2.75) is 12.7 Å². The first-order chi connectivity index (χ1) is 14.7. The maximum atomic E-state index is 13.3. The molecule has 0 radical (unpaired) electrons. The Kier molecular flexibility index (Phi) is 8.10. The summed E-state index contributed by atoms with van der Waals surface area (Å²) in [4.78, 5) is 4.13. The summed E-state index contributed by atoms with van der Waals surface area (Å²) in [5.74, 6) is -0.333. The van der Waals surface area contributed by atoms with E-state index in [-0.39, 0.29) is 16.5 Å². The summed E-state index contributed by atoms with van der Waals surface area (Å²) in [6.07, 6.45) is -4.48. The number of halogens is 5. The fourth-order valence-electron chi connectivity index (χ4n) is 3.14. The molecule has 1 aliphatic rings. The topological polar surface area (TPSA) is 27.7 Å². The van der Waals surface area contributed by atoms with Gasteiger partial charge >= 0.3 is 6.18 Å². The summed E-state index contributed by atoms with van der Waals surface area (Å²) in [5.41, 5.74) is 0.311. The van der Waals surface area contributed by atoms with Crippen molar-refractivity contribution in [3.63, 3.8) is 0 Å². The minimum absolute atomic E-state index is 0.0768. The lowest BCUT2D eigenvalue weighted by Crippen LogP contribution is -2.44. The van der Waals surface area contributed by atoms with Gasteiger partial charge < -0.3 is 15.0 Å². The molecule has 0 unspecified atom stereocenters. The van der Waals surface area contributed by atoms with Gasteiger partial charge in [-0.2, -0.15) is 13.2 Å². The molecule has 0 saturated carbocycles. The Morgan fingerprint density at radius 2 is 1.81 bits per heavy atom. The molecule has 0 aromatic heterocycles. The predicted octanol–water partition coefficient (Wildman–Crippen LogP) is 5.03. The average molecular weight is 476 g/mol. The number of ether oxygens (including phenoxy) is 1. The summed E-state index contributed by atoms with van der Waals surface area (Å²) in [6.45, 7) is 4.68.